The zero-order valence-corrected chi connectivity index (χ0v) is 10.4. The van der Waals surface area contributed by atoms with Crippen molar-refractivity contribution >= 4 is 0 Å². The maximum atomic E-state index is 3.78. The van der Waals surface area contributed by atoms with Gasteiger partial charge in [0, 0.05) is 6.04 Å². The lowest BCUT2D eigenvalue weighted by Gasteiger charge is -2.25. The fourth-order valence-corrected chi connectivity index (χ4v) is 3.16. The number of hydrogen-bond acceptors (Lipinski definition) is 2. The first-order valence-corrected chi connectivity index (χ1v) is 6.95. The van der Waals surface area contributed by atoms with Crippen molar-refractivity contribution in [2.75, 3.05) is 19.6 Å². The van der Waals surface area contributed by atoms with Crippen LogP contribution in [0.15, 0.2) is 24.3 Å². The lowest BCUT2D eigenvalue weighted by molar-refractivity contribution is 0.340. The Morgan fingerprint density at radius 2 is 1.94 bits per heavy atom. The highest BCUT2D eigenvalue weighted by atomic mass is 14.9. The number of hydrogen-bond donors (Lipinski definition) is 2. The van der Waals surface area contributed by atoms with Crippen LogP contribution in [0, 0.1) is 5.92 Å². The van der Waals surface area contributed by atoms with Crippen molar-refractivity contribution in [3.63, 3.8) is 0 Å². The summed E-state index contributed by atoms with van der Waals surface area (Å²) >= 11 is 0. The van der Waals surface area contributed by atoms with Crippen molar-refractivity contribution in [3.8, 4) is 0 Å². The van der Waals surface area contributed by atoms with Gasteiger partial charge in [-0.3, -0.25) is 0 Å². The Kier molecular flexibility index (Phi) is 3.44. The summed E-state index contributed by atoms with van der Waals surface area (Å²) in [6, 6.07) is 9.52. The molecule has 2 nitrogen and oxygen atoms in total. The number of piperidine rings is 1. The maximum absolute atomic E-state index is 3.78. The van der Waals surface area contributed by atoms with Crippen molar-refractivity contribution in [3.05, 3.63) is 35.4 Å². The van der Waals surface area contributed by atoms with E-state index in [9.17, 15) is 0 Å². The van der Waals surface area contributed by atoms with Gasteiger partial charge in [0.15, 0.2) is 0 Å². The van der Waals surface area contributed by atoms with Gasteiger partial charge in [-0.05, 0) is 62.4 Å². The zero-order valence-electron chi connectivity index (χ0n) is 10.4. The van der Waals surface area contributed by atoms with Crippen LogP contribution in [0.5, 0.6) is 0 Å². The monoisotopic (exact) mass is 230 g/mol. The highest BCUT2D eigenvalue weighted by Gasteiger charge is 2.22. The smallest absolute Gasteiger partial charge is 0.0326 e. The van der Waals surface area contributed by atoms with Crippen molar-refractivity contribution in [2.24, 2.45) is 5.92 Å². The first-order valence-electron chi connectivity index (χ1n) is 6.95. The Bertz CT molecular complexity index is 369. The van der Waals surface area contributed by atoms with Crippen molar-refractivity contribution in [1.29, 1.82) is 0 Å². The van der Waals surface area contributed by atoms with Gasteiger partial charge in [0.1, 0.15) is 0 Å². The second-order valence-electron chi connectivity index (χ2n) is 5.39. The molecule has 2 heteroatoms. The molecule has 3 rings (SSSR count). The second kappa shape index (κ2) is 5.19. The summed E-state index contributed by atoms with van der Waals surface area (Å²) in [5, 5.41) is 7.21. The van der Waals surface area contributed by atoms with Crippen LogP contribution in [0.3, 0.4) is 0 Å². The molecule has 1 aliphatic carbocycles. The summed E-state index contributed by atoms with van der Waals surface area (Å²) in [5.41, 5.74) is 3.09. The molecule has 0 bridgehead atoms. The van der Waals surface area contributed by atoms with E-state index < -0.39 is 0 Å². The van der Waals surface area contributed by atoms with Crippen LogP contribution < -0.4 is 10.6 Å². The fraction of sp³-hybridized carbons (Fsp3) is 0.600. The van der Waals surface area contributed by atoms with Crippen molar-refractivity contribution in [2.45, 2.75) is 31.7 Å². The summed E-state index contributed by atoms with van der Waals surface area (Å²) in [7, 11) is 0. The number of rotatable bonds is 3. The first-order chi connectivity index (χ1) is 8.43. The molecule has 1 saturated heterocycles. The predicted octanol–water partition coefficient (Wildman–Crippen LogP) is 2.26. The molecule has 1 heterocycles. The van der Waals surface area contributed by atoms with E-state index in [1.807, 2.05) is 0 Å². The van der Waals surface area contributed by atoms with Gasteiger partial charge in [-0.2, -0.15) is 0 Å². The average Bonchev–Trinajstić information content (AvgIpc) is 2.81. The van der Waals surface area contributed by atoms with Crippen LogP contribution in [0.25, 0.3) is 0 Å². The van der Waals surface area contributed by atoms with Gasteiger partial charge >= 0.3 is 0 Å². The predicted molar refractivity (Wildman–Crippen MR) is 71.1 cm³/mol. The van der Waals surface area contributed by atoms with Gasteiger partial charge in [0.05, 0.1) is 0 Å². The Labute approximate surface area is 104 Å². The van der Waals surface area contributed by atoms with E-state index in [-0.39, 0.29) is 0 Å². The molecule has 2 N–H and O–H groups in total. The van der Waals surface area contributed by atoms with Gasteiger partial charge in [0.25, 0.3) is 0 Å². The Morgan fingerprint density at radius 1 is 1.12 bits per heavy atom. The number of aryl methyl sites for hydroxylation is 1. The number of fused-ring (bicyclic) bond motifs is 1. The van der Waals surface area contributed by atoms with E-state index in [0.717, 1.165) is 5.92 Å². The van der Waals surface area contributed by atoms with E-state index in [0.29, 0.717) is 6.04 Å². The van der Waals surface area contributed by atoms with E-state index in [1.54, 1.807) is 11.1 Å². The fourth-order valence-electron chi connectivity index (χ4n) is 3.16. The van der Waals surface area contributed by atoms with Gasteiger partial charge in [-0.25, -0.2) is 0 Å². The van der Waals surface area contributed by atoms with E-state index in [2.05, 4.69) is 34.9 Å². The minimum absolute atomic E-state index is 0.612. The van der Waals surface area contributed by atoms with E-state index in [4.69, 9.17) is 0 Å². The SMILES string of the molecule is c1ccc2c(c1)CCC2NCC1CCNCC1. The van der Waals surface area contributed by atoms with Crippen LogP contribution in [0.2, 0.25) is 0 Å². The Balaban J connectivity index is 1.56. The molecule has 1 aliphatic heterocycles. The molecule has 0 spiro atoms. The molecular formula is C15H22N2. The summed E-state index contributed by atoms with van der Waals surface area (Å²) in [6.07, 6.45) is 5.20. The molecule has 0 aromatic heterocycles. The molecule has 0 radical (unpaired) electrons. The highest BCUT2D eigenvalue weighted by Crippen LogP contribution is 2.30. The molecule has 1 aromatic carbocycles. The van der Waals surface area contributed by atoms with Crippen molar-refractivity contribution < 1.29 is 0 Å². The molecule has 1 atom stereocenters. The summed E-state index contributed by atoms with van der Waals surface area (Å²) in [4.78, 5) is 0. The molecule has 0 amide bonds. The quantitative estimate of drug-likeness (QED) is 0.832. The largest absolute Gasteiger partial charge is 0.317 e. The standard InChI is InChI=1S/C15H22N2/c1-2-4-14-13(3-1)5-6-15(14)17-11-12-7-9-16-10-8-12/h1-4,12,15-17H,5-11H2. The first kappa shape index (κ1) is 11.2. The molecule has 1 unspecified atom stereocenters. The van der Waals surface area contributed by atoms with E-state index >= 15 is 0 Å². The summed E-state index contributed by atoms with van der Waals surface area (Å²) in [6.45, 7) is 3.60. The van der Waals surface area contributed by atoms with Gasteiger partial charge in [0.2, 0.25) is 0 Å². The summed E-state index contributed by atoms with van der Waals surface area (Å²) in [5.74, 6) is 0.879. The lowest BCUT2D eigenvalue weighted by Crippen LogP contribution is -2.34. The third kappa shape index (κ3) is 2.53. The molecule has 1 fully saturated rings. The van der Waals surface area contributed by atoms with Gasteiger partial charge in [-0.1, -0.05) is 24.3 Å². The Morgan fingerprint density at radius 3 is 2.82 bits per heavy atom. The van der Waals surface area contributed by atoms with Crippen LogP contribution in [0.4, 0.5) is 0 Å². The van der Waals surface area contributed by atoms with Crippen molar-refractivity contribution in [1.82, 2.24) is 10.6 Å². The van der Waals surface area contributed by atoms with Crippen LogP contribution in [-0.2, 0) is 6.42 Å². The van der Waals surface area contributed by atoms with Gasteiger partial charge < -0.3 is 10.6 Å². The minimum atomic E-state index is 0.612. The molecule has 92 valence electrons. The normalized spacial score (nSPS) is 24.8. The molecular weight excluding hydrogens is 208 g/mol. The van der Waals surface area contributed by atoms with Crippen LogP contribution in [0.1, 0.15) is 36.4 Å². The van der Waals surface area contributed by atoms with Gasteiger partial charge in [-0.15, -0.1) is 0 Å². The zero-order chi connectivity index (χ0) is 11.5. The third-order valence-corrected chi connectivity index (χ3v) is 4.24. The number of benzene rings is 1. The number of nitrogens with one attached hydrogen (secondary N) is 2. The van der Waals surface area contributed by atoms with Crippen LogP contribution >= 0.6 is 0 Å². The average molecular weight is 230 g/mol. The second-order valence-corrected chi connectivity index (χ2v) is 5.39. The molecule has 17 heavy (non-hydrogen) atoms. The Hall–Kier alpha value is -0.860. The third-order valence-electron chi connectivity index (χ3n) is 4.24. The lowest BCUT2D eigenvalue weighted by atomic mass is 9.97. The summed E-state index contributed by atoms with van der Waals surface area (Å²) < 4.78 is 0. The maximum Gasteiger partial charge on any atom is 0.0326 e. The topological polar surface area (TPSA) is 24.1 Å². The van der Waals surface area contributed by atoms with Crippen LogP contribution in [-0.4, -0.2) is 19.6 Å². The molecule has 2 aliphatic rings. The van der Waals surface area contributed by atoms with E-state index in [1.165, 1.54) is 45.3 Å². The minimum Gasteiger partial charge on any atom is -0.317 e. The molecule has 1 aromatic rings. The highest BCUT2D eigenvalue weighted by molar-refractivity contribution is 5.34. The molecule has 0 saturated carbocycles.